The van der Waals surface area contributed by atoms with Gasteiger partial charge in [-0.3, -0.25) is 14.4 Å². The summed E-state index contributed by atoms with van der Waals surface area (Å²) in [4.78, 5) is 36.8. The zero-order chi connectivity index (χ0) is 15.7. The summed E-state index contributed by atoms with van der Waals surface area (Å²) >= 11 is 0. The molecule has 1 aliphatic heterocycles. The van der Waals surface area contributed by atoms with Crippen molar-refractivity contribution in [2.75, 3.05) is 6.54 Å². The van der Waals surface area contributed by atoms with Crippen LogP contribution >= 0.6 is 0 Å². The Hall–Kier alpha value is -2.11. The number of carboxylic acids is 1. The third kappa shape index (κ3) is 2.99. The highest BCUT2D eigenvalue weighted by Crippen LogP contribution is 2.28. The van der Waals surface area contributed by atoms with Gasteiger partial charge in [-0.2, -0.15) is 0 Å². The fraction of sp³-hybridized carbons (Fsp3) is 0.533. The van der Waals surface area contributed by atoms with Crippen LogP contribution in [-0.4, -0.2) is 39.0 Å². The third-order valence-electron chi connectivity index (χ3n) is 4.12. The lowest BCUT2D eigenvalue weighted by Crippen LogP contribution is -2.36. The lowest BCUT2D eigenvalue weighted by atomic mass is 10.1. The minimum atomic E-state index is -0.929. The maximum absolute atomic E-state index is 12.5. The van der Waals surface area contributed by atoms with Gasteiger partial charge in [-0.1, -0.05) is 0 Å². The van der Waals surface area contributed by atoms with Gasteiger partial charge in [0.05, 0.1) is 6.42 Å². The van der Waals surface area contributed by atoms with E-state index in [0.717, 1.165) is 11.1 Å². The molecule has 0 bridgehead atoms. The largest absolute Gasteiger partial charge is 0.481 e. The van der Waals surface area contributed by atoms with Crippen molar-refractivity contribution in [2.24, 2.45) is 0 Å². The lowest BCUT2D eigenvalue weighted by molar-refractivity contribution is -0.138. The van der Waals surface area contributed by atoms with Crippen molar-refractivity contribution >= 4 is 11.9 Å². The van der Waals surface area contributed by atoms with Crippen LogP contribution in [0, 0.1) is 13.8 Å². The topological polar surface area (TPSA) is 79.6 Å². The standard InChI is InChI=1S/C15H20N2O4/c1-9-6-13(18)17(8-10(9)2)12-7-11(3)16(15(12)21)5-4-14(19)20/h6,8,11-12H,4-5,7H2,1-3H3,(H,19,20). The number of aliphatic carboxylic acids is 1. The van der Waals surface area contributed by atoms with E-state index in [1.165, 1.54) is 10.6 Å². The van der Waals surface area contributed by atoms with E-state index in [2.05, 4.69) is 0 Å². The summed E-state index contributed by atoms with van der Waals surface area (Å²) in [5.74, 6) is -1.10. The Labute approximate surface area is 123 Å². The molecule has 2 atom stereocenters. The molecular formula is C15H20N2O4. The van der Waals surface area contributed by atoms with Gasteiger partial charge >= 0.3 is 5.97 Å². The number of hydrogen-bond acceptors (Lipinski definition) is 3. The summed E-state index contributed by atoms with van der Waals surface area (Å²) in [6, 6.07) is 0.948. The number of amides is 1. The highest BCUT2D eigenvalue weighted by Gasteiger charge is 2.38. The molecule has 0 radical (unpaired) electrons. The van der Waals surface area contributed by atoms with Gasteiger partial charge in [0.25, 0.3) is 5.56 Å². The monoisotopic (exact) mass is 292 g/mol. The minimum absolute atomic E-state index is 0.0599. The molecule has 2 heterocycles. The van der Waals surface area contributed by atoms with Crippen molar-refractivity contribution in [3.05, 3.63) is 33.7 Å². The molecule has 0 saturated carbocycles. The maximum Gasteiger partial charge on any atom is 0.305 e. The molecule has 1 aliphatic rings. The quantitative estimate of drug-likeness (QED) is 0.901. The zero-order valence-electron chi connectivity index (χ0n) is 12.5. The van der Waals surface area contributed by atoms with Crippen molar-refractivity contribution in [1.29, 1.82) is 0 Å². The van der Waals surface area contributed by atoms with Gasteiger partial charge in [0.15, 0.2) is 0 Å². The highest BCUT2D eigenvalue weighted by molar-refractivity contribution is 5.83. The van der Waals surface area contributed by atoms with Crippen LogP contribution in [-0.2, 0) is 9.59 Å². The Kier molecular flexibility index (Phi) is 4.16. The van der Waals surface area contributed by atoms with E-state index in [1.807, 2.05) is 20.8 Å². The molecule has 1 amide bonds. The van der Waals surface area contributed by atoms with E-state index in [-0.39, 0.29) is 30.5 Å². The van der Waals surface area contributed by atoms with Gasteiger partial charge in [0.2, 0.25) is 5.91 Å². The molecule has 6 heteroatoms. The van der Waals surface area contributed by atoms with E-state index in [4.69, 9.17) is 5.11 Å². The van der Waals surface area contributed by atoms with Gasteiger partial charge in [-0.15, -0.1) is 0 Å². The molecule has 114 valence electrons. The molecule has 1 saturated heterocycles. The lowest BCUT2D eigenvalue weighted by Gasteiger charge is -2.20. The number of carbonyl (C=O) groups excluding carboxylic acids is 1. The van der Waals surface area contributed by atoms with Crippen molar-refractivity contribution in [3.8, 4) is 0 Å². The second-order valence-corrected chi connectivity index (χ2v) is 5.66. The first-order valence-corrected chi connectivity index (χ1v) is 7.03. The van der Waals surface area contributed by atoms with Crippen LogP contribution in [0.25, 0.3) is 0 Å². The van der Waals surface area contributed by atoms with Crippen LogP contribution in [0.3, 0.4) is 0 Å². The summed E-state index contributed by atoms with van der Waals surface area (Å²) in [5.41, 5.74) is 1.67. The number of rotatable bonds is 4. The molecule has 0 spiro atoms. The second-order valence-electron chi connectivity index (χ2n) is 5.66. The van der Waals surface area contributed by atoms with E-state index in [1.54, 1.807) is 11.1 Å². The summed E-state index contributed by atoms with van der Waals surface area (Å²) in [5, 5.41) is 8.75. The van der Waals surface area contributed by atoms with E-state index in [9.17, 15) is 14.4 Å². The van der Waals surface area contributed by atoms with Crippen LogP contribution in [0.15, 0.2) is 17.1 Å². The molecule has 6 nitrogen and oxygen atoms in total. The Balaban J connectivity index is 2.27. The minimum Gasteiger partial charge on any atom is -0.481 e. The average Bonchev–Trinajstić information content (AvgIpc) is 2.67. The maximum atomic E-state index is 12.5. The van der Waals surface area contributed by atoms with Crippen LogP contribution in [0.4, 0.5) is 0 Å². The molecule has 0 aliphatic carbocycles. The summed E-state index contributed by atoms with van der Waals surface area (Å²) in [6.45, 7) is 5.83. The fourth-order valence-electron chi connectivity index (χ4n) is 2.73. The predicted molar refractivity (Wildman–Crippen MR) is 77.3 cm³/mol. The van der Waals surface area contributed by atoms with Crippen molar-refractivity contribution < 1.29 is 14.7 Å². The van der Waals surface area contributed by atoms with Gasteiger partial charge < -0.3 is 14.6 Å². The van der Waals surface area contributed by atoms with Gasteiger partial charge in [-0.25, -0.2) is 0 Å². The highest BCUT2D eigenvalue weighted by atomic mass is 16.4. The number of aromatic nitrogens is 1. The number of likely N-dealkylation sites (tertiary alicyclic amines) is 1. The zero-order valence-corrected chi connectivity index (χ0v) is 12.5. The number of hydrogen-bond donors (Lipinski definition) is 1. The first-order valence-electron chi connectivity index (χ1n) is 7.03. The summed E-state index contributed by atoms with van der Waals surface area (Å²) in [6.07, 6.45) is 2.17. The smallest absolute Gasteiger partial charge is 0.305 e. The number of carboxylic acid groups (broad SMARTS) is 1. The first kappa shape index (κ1) is 15.3. The number of pyridine rings is 1. The van der Waals surface area contributed by atoms with E-state index in [0.29, 0.717) is 6.42 Å². The van der Waals surface area contributed by atoms with Crippen LogP contribution in [0.2, 0.25) is 0 Å². The van der Waals surface area contributed by atoms with Gasteiger partial charge in [-0.05, 0) is 38.3 Å². The second kappa shape index (κ2) is 5.71. The van der Waals surface area contributed by atoms with Crippen LogP contribution in [0.1, 0.15) is 36.9 Å². The SMILES string of the molecule is Cc1cc(=O)n(C2CC(C)N(CCC(=O)O)C2=O)cc1C. The Morgan fingerprint density at radius 3 is 2.62 bits per heavy atom. The normalized spacial score (nSPS) is 21.9. The van der Waals surface area contributed by atoms with E-state index >= 15 is 0 Å². The average molecular weight is 292 g/mol. The number of carbonyl (C=O) groups is 2. The molecule has 1 aromatic rings. The molecule has 2 rings (SSSR count). The Bertz CT molecular complexity index is 635. The van der Waals surface area contributed by atoms with Crippen molar-refractivity contribution in [2.45, 2.75) is 45.7 Å². The Morgan fingerprint density at radius 2 is 2.00 bits per heavy atom. The first-order chi connectivity index (χ1) is 9.81. The summed E-state index contributed by atoms with van der Waals surface area (Å²) < 4.78 is 1.47. The molecule has 2 unspecified atom stereocenters. The number of aryl methyl sites for hydroxylation is 2. The fourth-order valence-corrected chi connectivity index (χ4v) is 2.73. The summed E-state index contributed by atoms with van der Waals surface area (Å²) in [7, 11) is 0. The molecular weight excluding hydrogens is 272 g/mol. The van der Waals surface area contributed by atoms with Crippen molar-refractivity contribution in [1.82, 2.24) is 9.47 Å². The van der Waals surface area contributed by atoms with Crippen LogP contribution in [0.5, 0.6) is 0 Å². The van der Waals surface area contributed by atoms with E-state index < -0.39 is 12.0 Å². The van der Waals surface area contributed by atoms with Gasteiger partial charge in [0, 0.05) is 24.8 Å². The molecule has 1 aromatic heterocycles. The molecule has 21 heavy (non-hydrogen) atoms. The van der Waals surface area contributed by atoms with Crippen molar-refractivity contribution in [3.63, 3.8) is 0 Å². The molecule has 1 fully saturated rings. The van der Waals surface area contributed by atoms with Gasteiger partial charge in [0.1, 0.15) is 6.04 Å². The third-order valence-corrected chi connectivity index (χ3v) is 4.12. The molecule has 0 aromatic carbocycles. The number of nitrogens with zero attached hydrogens (tertiary/aromatic N) is 2. The van der Waals surface area contributed by atoms with Crippen LogP contribution < -0.4 is 5.56 Å². The predicted octanol–water partition coefficient (Wildman–Crippen LogP) is 1.10. The molecule has 1 N–H and O–H groups in total. The Morgan fingerprint density at radius 1 is 1.33 bits per heavy atom.